The van der Waals surface area contributed by atoms with Crippen LogP contribution in [0.4, 0.5) is 0 Å². The molecule has 0 aromatic rings. The van der Waals surface area contributed by atoms with Crippen LogP contribution in [0, 0.1) is 5.92 Å². The number of carbonyl (C=O) groups excluding carboxylic acids is 2. The molecule has 0 aliphatic heterocycles. The Hall–Kier alpha value is -0.810. The van der Waals surface area contributed by atoms with Crippen molar-refractivity contribution >= 4 is 24.2 Å². The molecule has 5 nitrogen and oxygen atoms in total. The van der Waals surface area contributed by atoms with Gasteiger partial charge in [0.2, 0.25) is 11.8 Å². The number of halogens is 1. The van der Waals surface area contributed by atoms with E-state index in [4.69, 9.17) is 5.73 Å². The van der Waals surface area contributed by atoms with Gasteiger partial charge in [-0.15, -0.1) is 12.4 Å². The summed E-state index contributed by atoms with van der Waals surface area (Å²) >= 11 is 0. The lowest BCUT2D eigenvalue weighted by atomic mass is 9.82. The predicted octanol–water partition coefficient (Wildman–Crippen LogP) is 1.64. The van der Waals surface area contributed by atoms with Gasteiger partial charge < -0.3 is 15.5 Å². The summed E-state index contributed by atoms with van der Waals surface area (Å²) in [6, 6.07) is 0.140. The summed E-state index contributed by atoms with van der Waals surface area (Å²) in [6.45, 7) is 2.84. The highest BCUT2D eigenvalue weighted by atomic mass is 35.5. The summed E-state index contributed by atoms with van der Waals surface area (Å²) in [7, 11) is 3.43. The summed E-state index contributed by atoms with van der Waals surface area (Å²) < 4.78 is 0. The standard InChI is InChI=1S/C15H29N3O2.ClH/c1-4-9-18(11-15(20)17(2)3)14(19)10-12-7-5-6-8-13(12)16;/h12-13H,4-11,16H2,1-3H3;1H. The molecule has 1 saturated carbocycles. The van der Waals surface area contributed by atoms with E-state index >= 15 is 0 Å². The smallest absolute Gasteiger partial charge is 0.241 e. The third-order valence-electron chi connectivity index (χ3n) is 4.08. The largest absolute Gasteiger partial charge is 0.347 e. The fourth-order valence-electron chi connectivity index (χ4n) is 2.71. The molecule has 0 spiro atoms. The van der Waals surface area contributed by atoms with Crippen molar-refractivity contribution in [1.82, 2.24) is 9.80 Å². The van der Waals surface area contributed by atoms with E-state index in [2.05, 4.69) is 0 Å². The SMILES string of the molecule is CCCN(CC(=O)N(C)C)C(=O)CC1CCCCC1N.Cl. The fraction of sp³-hybridized carbons (Fsp3) is 0.867. The van der Waals surface area contributed by atoms with Gasteiger partial charge in [0.1, 0.15) is 0 Å². The molecule has 1 fully saturated rings. The van der Waals surface area contributed by atoms with Crippen molar-refractivity contribution in [2.45, 2.75) is 51.5 Å². The van der Waals surface area contributed by atoms with Gasteiger partial charge in [-0.1, -0.05) is 19.8 Å². The third kappa shape index (κ3) is 6.66. The van der Waals surface area contributed by atoms with Crippen LogP contribution in [0.15, 0.2) is 0 Å². The number of nitrogens with zero attached hydrogens (tertiary/aromatic N) is 2. The van der Waals surface area contributed by atoms with Crippen molar-refractivity contribution in [3.8, 4) is 0 Å². The van der Waals surface area contributed by atoms with Gasteiger partial charge in [0.05, 0.1) is 6.54 Å². The molecule has 2 unspecified atom stereocenters. The van der Waals surface area contributed by atoms with E-state index in [1.807, 2.05) is 6.92 Å². The summed E-state index contributed by atoms with van der Waals surface area (Å²) in [5.41, 5.74) is 6.10. The summed E-state index contributed by atoms with van der Waals surface area (Å²) in [5, 5.41) is 0. The Bertz CT molecular complexity index is 337. The van der Waals surface area contributed by atoms with E-state index in [-0.39, 0.29) is 42.7 Å². The molecular weight excluding hydrogens is 290 g/mol. The van der Waals surface area contributed by atoms with Gasteiger partial charge in [0.15, 0.2) is 0 Å². The van der Waals surface area contributed by atoms with E-state index in [0.717, 1.165) is 25.7 Å². The highest BCUT2D eigenvalue weighted by Crippen LogP contribution is 2.26. The van der Waals surface area contributed by atoms with Gasteiger partial charge in [-0.2, -0.15) is 0 Å². The highest BCUT2D eigenvalue weighted by Gasteiger charge is 2.27. The maximum Gasteiger partial charge on any atom is 0.241 e. The summed E-state index contributed by atoms with van der Waals surface area (Å²) in [6.07, 6.45) is 5.74. The van der Waals surface area contributed by atoms with Crippen molar-refractivity contribution in [2.24, 2.45) is 11.7 Å². The molecule has 0 heterocycles. The van der Waals surface area contributed by atoms with Crippen LogP contribution in [0.3, 0.4) is 0 Å². The monoisotopic (exact) mass is 319 g/mol. The minimum absolute atomic E-state index is 0. The first kappa shape index (κ1) is 20.2. The lowest BCUT2D eigenvalue weighted by Crippen LogP contribution is -2.43. The van der Waals surface area contributed by atoms with Crippen LogP contribution in [-0.2, 0) is 9.59 Å². The lowest BCUT2D eigenvalue weighted by molar-refractivity contribution is -0.140. The molecule has 124 valence electrons. The molecular formula is C15H30ClN3O2. The molecule has 6 heteroatoms. The maximum atomic E-state index is 12.4. The van der Waals surface area contributed by atoms with Crippen molar-refractivity contribution < 1.29 is 9.59 Å². The third-order valence-corrected chi connectivity index (χ3v) is 4.08. The van der Waals surface area contributed by atoms with Crippen LogP contribution in [0.5, 0.6) is 0 Å². The number of hydrogen-bond acceptors (Lipinski definition) is 3. The fourth-order valence-corrected chi connectivity index (χ4v) is 2.71. The molecule has 0 aromatic heterocycles. The quantitative estimate of drug-likeness (QED) is 0.809. The zero-order valence-corrected chi connectivity index (χ0v) is 14.3. The van der Waals surface area contributed by atoms with E-state index in [1.165, 1.54) is 11.3 Å². The number of nitrogens with two attached hydrogens (primary N) is 1. The number of rotatable bonds is 6. The van der Waals surface area contributed by atoms with Crippen LogP contribution in [-0.4, -0.2) is 54.8 Å². The van der Waals surface area contributed by atoms with Crippen LogP contribution in [0.25, 0.3) is 0 Å². The first-order chi connectivity index (χ1) is 9.45. The molecule has 0 bridgehead atoms. The van der Waals surface area contributed by atoms with Crippen LogP contribution in [0.2, 0.25) is 0 Å². The highest BCUT2D eigenvalue weighted by molar-refractivity contribution is 5.85. The number of hydrogen-bond donors (Lipinski definition) is 1. The second-order valence-electron chi connectivity index (χ2n) is 6.02. The Morgan fingerprint density at radius 1 is 1.14 bits per heavy atom. The van der Waals surface area contributed by atoms with Crippen molar-refractivity contribution in [3.05, 3.63) is 0 Å². The Morgan fingerprint density at radius 2 is 1.76 bits per heavy atom. The van der Waals surface area contributed by atoms with E-state index in [1.54, 1.807) is 19.0 Å². The molecule has 0 radical (unpaired) electrons. The molecule has 0 saturated heterocycles. The topological polar surface area (TPSA) is 66.6 Å². The Kier molecular flexibility index (Phi) is 9.62. The Morgan fingerprint density at radius 3 is 2.29 bits per heavy atom. The zero-order chi connectivity index (χ0) is 15.1. The maximum absolute atomic E-state index is 12.4. The zero-order valence-electron chi connectivity index (χ0n) is 13.5. The van der Waals surface area contributed by atoms with E-state index in [9.17, 15) is 9.59 Å². The van der Waals surface area contributed by atoms with Crippen molar-refractivity contribution in [2.75, 3.05) is 27.2 Å². The molecule has 1 aliphatic carbocycles. The molecule has 2 N–H and O–H groups in total. The second-order valence-corrected chi connectivity index (χ2v) is 6.02. The van der Waals surface area contributed by atoms with Crippen molar-refractivity contribution in [3.63, 3.8) is 0 Å². The van der Waals surface area contributed by atoms with Gasteiger partial charge in [0.25, 0.3) is 0 Å². The Balaban J connectivity index is 0.00000400. The second kappa shape index (κ2) is 10.0. The number of likely N-dealkylation sites (N-methyl/N-ethyl adjacent to an activating group) is 1. The molecule has 2 atom stereocenters. The summed E-state index contributed by atoms with van der Waals surface area (Å²) in [4.78, 5) is 27.4. The van der Waals surface area contributed by atoms with Crippen LogP contribution < -0.4 is 5.73 Å². The average molecular weight is 320 g/mol. The Labute approximate surface area is 134 Å². The van der Waals surface area contributed by atoms with Gasteiger partial charge >= 0.3 is 0 Å². The van der Waals surface area contributed by atoms with Crippen molar-refractivity contribution in [1.29, 1.82) is 0 Å². The molecule has 1 rings (SSSR count). The van der Waals surface area contributed by atoms with Gasteiger partial charge in [-0.3, -0.25) is 9.59 Å². The van der Waals surface area contributed by atoms with E-state index in [0.29, 0.717) is 13.0 Å². The average Bonchev–Trinajstić information content (AvgIpc) is 2.40. The molecule has 2 amide bonds. The first-order valence-corrected chi connectivity index (χ1v) is 7.69. The molecule has 1 aliphatic rings. The lowest BCUT2D eigenvalue weighted by Gasteiger charge is -2.30. The number of amides is 2. The minimum Gasteiger partial charge on any atom is -0.347 e. The first-order valence-electron chi connectivity index (χ1n) is 7.69. The number of carbonyl (C=O) groups is 2. The molecule has 21 heavy (non-hydrogen) atoms. The molecule has 0 aromatic carbocycles. The van der Waals surface area contributed by atoms with Gasteiger partial charge in [-0.05, 0) is 25.2 Å². The summed E-state index contributed by atoms with van der Waals surface area (Å²) in [5.74, 6) is 0.328. The van der Waals surface area contributed by atoms with Crippen LogP contribution in [0.1, 0.15) is 45.4 Å². The van der Waals surface area contributed by atoms with Crippen LogP contribution >= 0.6 is 12.4 Å². The van der Waals surface area contributed by atoms with Gasteiger partial charge in [-0.25, -0.2) is 0 Å². The normalized spacial score (nSPS) is 21.3. The van der Waals surface area contributed by atoms with E-state index < -0.39 is 0 Å². The van der Waals surface area contributed by atoms with Gasteiger partial charge in [0, 0.05) is 33.1 Å². The predicted molar refractivity (Wildman–Crippen MR) is 87.4 cm³/mol. The minimum atomic E-state index is -0.0280.